The lowest BCUT2D eigenvalue weighted by atomic mass is 10.1. The van der Waals surface area contributed by atoms with Crippen molar-refractivity contribution < 1.29 is 14.3 Å². The summed E-state index contributed by atoms with van der Waals surface area (Å²) in [5.41, 5.74) is 2.48. The molecule has 0 saturated carbocycles. The minimum absolute atomic E-state index is 0.137. The number of carbonyl (C=O) groups excluding carboxylic acids is 2. The van der Waals surface area contributed by atoms with Crippen LogP contribution in [0.4, 0.5) is 0 Å². The fourth-order valence-electron chi connectivity index (χ4n) is 3.07. The largest absolute Gasteiger partial charge is 0.449 e. The number of ether oxygens (including phenoxy) is 1. The summed E-state index contributed by atoms with van der Waals surface area (Å²) >= 11 is 12.6. The van der Waals surface area contributed by atoms with Crippen LogP contribution in [0, 0.1) is 6.92 Å². The molecular formula is C23H23Cl2N3O3. The van der Waals surface area contributed by atoms with Crippen LogP contribution in [0.25, 0.3) is 0 Å². The molecule has 0 radical (unpaired) electrons. The highest BCUT2D eigenvalue weighted by atomic mass is 35.5. The number of amides is 1. The van der Waals surface area contributed by atoms with Gasteiger partial charge in [-0.3, -0.25) is 4.79 Å². The molecule has 2 aromatic carbocycles. The summed E-state index contributed by atoms with van der Waals surface area (Å²) in [5, 5.41) is 7.82. The van der Waals surface area contributed by atoms with Gasteiger partial charge in [-0.15, -0.1) is 0 Å². The van der Waals surface area contributed by atoms with Crippen LogP contribution in [0.2, 0.25) is 10.2 Å². The second kappa shape index (κ2) is 10.5. The van der Waals surface area contributed by atoms with Gasteiger partial charge in [0.05, 0.1) is 12.2 Å². The van der Waals surface area contributed by atoms with E-state index >= 15 is 0 Å². The zero-order valence-corrected chi connectivity index (χ0v) is 18.8. The van der Waals surface area contributed by atoms with Crippen LogP contribution in [0.1, 0.15) is 34.1 Å². The summed E-state index contributed by atoms with van der Waals surface area (Å²) in [6.07, 6.45) is -0.279. The average molecular weight is 460 g/mol. The zero-order chi connectivity index (χ0) is 22.4. The SMILES string of the molecule is Cc1nn(Cc2ccccc2Cl)c(Cl)c1C(=O)OC(C)C(=O)NCCc1ccccc1. The van der Waals surface area contributed by atoms with E-state index < -0.39 is 12.1 Å². The molecule has 1 N–H and O–H groups in total. The van der Waals surface area contributed by atoms with E-state index in [1.54, 1.807) is 13.0 Å². The number of hydrogen-bond acceptors (Lipinski definition) is 4. The molecule has 3 rings (SSSR count). The van der Waals surface area contributed by atoms with E-state index in [9.17, 15) is 9.59 Å². The van der Waals surface area contributed by atoms with Gasteiger partial charge >= 0.3 is 5.97 Å². The van der Waals surface area contributed by atoms with E-state index in [0.717, 1.165) is 11.1 Å². The Kier molecular flexibility index (Phi) is 7.71. The zero-order valence-electron chi connectivity index (χ0n) is 17.3. The third kappa shape index (κ3) is 5.87. The highest BCUT2D eigenvalue weighted by Crippen LogP contribution is 2.24. The number of halogens is 2. The number of esters is 1. The van der Waals surface area contributed by atoms with Crippen LogP contribution >= 0.6 is 23.2 Å². The Labute approximate surface area is 191 Å². The number of hydrogen-bond donors (Lipinski definition) is 1. The highest BCUT2D eigenvalue weighted by molar-refractivity contribution is 6.33. The summed E-state index contributed by atoms with van der Waals surface area (Å²) in [4.78, 5) is 25.0. The number of rotatable bonds is 8. The quantitative estimate of drug-likeness (QED) is 0.504. The van der Waals surface area contributed by atoms with Crippen molar-refractivity contribution in [1.82, 2.24) is 15.1 Å². The first-order valence-electron chi connectivity index (χ1n) is 9.85. The van der Waals surface area contributed by atoms with Crippen molar-refractivity contribution in [2.45, 2.75) is 32.9 Å². The van der Waals surface area contributed by atoms with Crippen molar-refractivity contribution in [2.75, 3.05) is 6.54 Å². The Morgan fingerprint density at radius 2 is 1.77 bits per heavy atom. The fourth-order valence-corrected chi connectivity index (χ4v) is 3.58. The van der Waals surface area contributed by atoms with Gasteiger partial charge in [0.15, 0.2) is 6.10 Å². The van der Waals surface area contributed by atoms with Gasteiger partial charge in [0.1, 0.15) is 10.7 Å². The number of aryl methyl sites for hydroxylation is 1. The third-order valence-electron chi connectivity index (χ3n) is 4.76. The first kappa shape index (κ1) is 22.8. The van der Waals surface area contributed by atoms with Crippen molar-refractivity contribution in [1.29, 1.82) is 0 Å². The Balaban J connectivity index is 1.60. The Morgan fingerprint density at radius 3 is 2.48 bits per heavy atom. The maximum Gasteiger partial charge on any atom is 0.343 e. The van der Waals surface area contributed by atoms with Gasteiger partial charge in [-0.25, -0.2) is 9.48 Å². The molecular weight excluding hydrogens is 437 g/mol. The van der Waals surface area contributed by atoms with E-state index in [2.05, 4.69) is 10.4 Å². The third-order valence-corrected chi connectivity index (χ3v) is 5.51. The molecule has 0 bridgehead atoms. The van der Waals surface area contributed by atoms with Gasteiger partial charge in [-0.1, -0.05) is 71.7 Å². The van der Waals surface area contributed by atoms with E-state index in [1.807, 2.05) is 48.5 Å². The summed E-state index contributed by atoms with van der Waals surface area (Å²) in [6.45, 7) is 3.94. The summed E-state index contributed by atoms with van der Waals surface area (Å²) in [5.74, 6) is -1.07. The molecule has 3 aromatic rings. The number of aromatic nitrogens is 2. The summed E-state index contributed by atoms with van der Waals surface area (Å²) < 4.78 is 6.82. The van der Waals surface area contributed by atoms with Gasteiger partial charge < -0.3 is 10.1 Å². The highest BCUT2D eigenvalue weighted by Gasteiger charge is 2.25. The Morgan fingerprint density at radius 1 is 1.10 bits per heavy atom. The van der Waals surface area contributed by atoms with Gasteiger partial charge in [0.25, 0.3) is 5.91 Å². The molecule has 0 fully saturated rings. The van der Waals surface area contributed by atoms with Crippen molar-refractivity contribution in [2.24, 2.45) is 0 Å². The van der Waals surface area contributed by atoms with E-state index in [-0.39, 0.29) is 16.6 Å². The molecule has 1 aromatic heterocycles. The molecule has 0 aliphatic heterocycles. The smallest absolute Gasteiger partial charge is 0.343 e. The minimum atomic E-state index is -0.967. The molecule has 8 heteroatoms. The molecule has 1 atom stereocenters. The second-order valence-corrected chi connectivity index (χ2v) is 7.84. The maximum atomic E-state index is 12.7. The normalized spacial score (nSPS) is 11.7. The Hall–Kier alpha value is -2.83. The van der Waals surface area contributed by atoms with Crippen molar-refractivity contribution in [3.63, 3.8) is 0 Å². The van der Waals surface area contributed by atoms with Crippen molar-refractivity contribution >= 4 is 35.1 Å². The van der Waals surface area contributed by atoms with E-state index in [0.29, 0.717) is 30.2 Å². The van der Waals surface area contributed by atoms with Gasteiger partial charge in [0.2, 0.25) is 0 Å². The molecule has 0 aliphatic rings. The lowest BCUT2D eigenvalue weighted by molar-refractivity contribution is -0.129. The van der Waals surface area contributed by atoms with Crippen LogP contribution in [-0.4, -0.2) is 34.3 Å². The molecule has 0 aliphatic carbocycles. The Bertz CT molecular complexity index is 1070. The van der Waals surface area contributed by atoms with E-state index in [4.69, 9.17) is 27.9 Å². The molecule has 31 heavy (non-hydrogen) atoms. The second-order valence-electron chi connectivity index (χ2n) is 7.07. The lowest BCUT2D eigenvalue weighted by Crippen LogP contribution is -2.37. The lowest BCUT2D eigenvalue weighted by Gasteiger charge is -2.13. The number of carbonyl (C=O) groups is 2. The first-order valence-corrected chi connectivity index (χ1v) is 10.6. The molecule has 6 nitrogen and oxygen atoms in total. The van der Waals surface area contributed by atoms with Crippen LogP contribution in [0.15, 0.2) is 54.6 Å². The predicted octanol–water partition coefficient (Wildman–Crippen LogP) is 4.45. The summed E-state index contributed by atoms with van der Waals surface area (Å²) in [7, 11) is 0. The van der Waals surface area contributed by atoms with Crippen LogP contribution in [0.3, 0.4) is 0 Å². The number of nitrogens with zero attached hydrogens (tertiary/aromatic N) is 2. The van der Waals surface area contributed by atoms with Gasteiger partial charge in [0, 0.05) is 11.6 Å². The minimum Gasteiger partial charge on any atom is -0.449 e. The monoisotopic (exact) mass is 459 g/mol. The van der Waals surface area contributed by atoms with E-state index in [1.165, 1.54) is 11.6 Å². The van der Waals surface area contributed by atoms with Crippen molar-refractivity contribution in [3.05, 3.63) is 87.2 Å². The number of benzene rings is 2. The summed E-state index contributed by atoms with van der Waals surface area (Å²) in [6, 6.07) is 17.1. The molecule has 1 heterocycles. The molecule has 1 amide bonds. The maximum absolute atomic E-state index is 12.7. The molecule has 0 saturated heterocycles. The van der Waals surface area contributed by atoms with Crippen LogP contribution in [0.5, 0.6) is 0 Å². The molecule has 1 unspecified atom stereocenters. The van der Waals surface area contributed by atoms with Crippen LogP contribution < -0.4 is 5.32 Å². The van der Waals surface area contributed by atoms with Crippen LogP contribution in [-0.2, 0) is 22.5 Å². The number of nitrogens with one attached hydrogen (secondary N) is 1. The van der Waals surface area contributed by atoms with Gasteiger partial charge in [-0.05, 0) is 37.5 Å². The van der Waals surface area contributed by atoms with Gasteiger partial charge in [-0.2, -0.15) is 5.10 Å². The van der Waals surface area contributed by atoms with Crippen molar-refractivity contribution in [3.8, 4) is 0 Å². The molecule has 0 spiro atoms. The topological polar surface area (TPSA) is 73.2 Å². The molecule has 162 valence electrons. The fraction of sp³-hybridized carbons (Fsp3) is 0.261. The standard InChI is InChI=1S/C23H23Cl2N3O3/c1-15-20(21(25)28(27-15)14-18-10-6-7-11-19(18)24)23(30)31-16(2)22(29)26-13-12-17-8-4-3-5-9-17/h3-11,16H,12-14H2,1-2H3,(H,26,29). The predicted molar refractivity (Wildman–Crippen MR) is 121 cm³/mol. The first-order chi connectivity index (χ1) is 14.9. The average Bonchev–Trinajstić information content (AvgIpc) is 3.03.